The van der Waals surface area contributed by atoms with Gasteiger partial charge in [-0.05, 0) is 26.4 Å². The second-order valence-electron chi connectivity index (χ2n) is 6.88. The third kappa shape index (κ3) is 3.16. The fourth-order valence-corrected chi connectivity index (χ4v) is 3.49. The number of nitrogens with zero attached hydrogens (tertiary/aromatic N) is 2. The predicted molar refractivity (Wildman–Crippen MR) is 89.3 cm³/mol. The number of alkyl halides is 2. The Bertz CT molecular complexity index is 815. The Hall–Kier alpha value is -1.43. The molecule has 0 saturated carbocycles. The molecule has 0 N–H and O–H groups in total. The van der Waals surface area contributed by atoms with Crippen molar-refractivity contribution in [2.75, 3.05) is 6.26 Å². The summed E-state index contributed by atoms with van der Waals surface area (Å²) in [5, 5.41) is 4.78. The number of aryl methyl sites for hydroxylation is 1. The molecule has 0 spiro atoms. The SMILES string of the molecule is C=S(C)(=O)Cc1nn(C)c2c(C(C)(C)C)ccc(C(F)F)c12. The standard InChI is InChI=1S/C16H22F2N2OS/c1-16(2,3)11-8-7-10(15(17)18)13-12(9-22(5,6)21)19-20(4)14(11)13/h7-8,15H,5,9H2,1-4,6H3. The van der Waals surface area contributed by atoms with Gasteiger partial charge in [-0.15, -0.1) is 0 Å². The zero-order chi connectivity index (χ0) is 16.9. The molecule has 1 aromatic heterocycles. The van der Waals surface area contributed by atoms with E-state index in [1.54, 1.807) is 17.8 Å². The molecule has 0 fully saturated rings. The van der Waals surface area contributed by atoms with E-state index in [2.05, 4.69) is 11.0 Å². The zero-order valence-electron chi connectivity index (χ0n) is 13.6. The number of hydrogen-bond acceptors (Lipinski definition) is 2. The number of hydrogen-bond donors (Lipinski definition) is 0. The topological polar surface area (TPSA) is 34.9 Å². The Kier molecular flexibility index (Phi) is 4.11. The number of halogens is 2. The van der Waals surface area contributed by atoms with Crippen molar-refractivity contribution in [3.8, 4) is 0 Å². The van der Waals surface area contributed by atoms with Crippen molar-refractivity contribution in [3.63, 3.8) is 0 Å². The molecule has 22 heavy (non-hydrogen) atoms. The molecule has 0 aliphatic rings. The third-order valence-electron chi connectivity index (χ3n) is 3.58. The van der Waals surface area contributed by atoms with E-state index in [9.17, 15) is 13.0 Å². The molecule has 3 nitrogen and oxygen atoms in total. The van der Waals surface area contributed by atoms with Gasteiger partial charge in [-0.2, -0.15) is 5.10 Å². The Balaban J connectivity index is 2.90. The maximum absolute atomic E-state index is 13.4. The number of benzene rings is 1. The summed E-state index contributed by atoms with van der Waals surface area (Å²) in [6, 6.07) is 3.20. The van der Waals surface area contributed by atoms with Crippen LogP contribution in [0.3, 0.4) is 0 Å². The maximum Gasteiger partial charge on any atom is 0.264 e. The minimum Gasteiger partial charge on any atom is -0.268 e. The first-order chi connectivity index (χ1) is 9.92. The van der Waals surface area contributed by atoms with E-state index in [1.807, 2.05) is 20.8 Å². The third-order valence-corrected chi connectivity index (χ3v) is 4.46. The van der Waals surface area contributed by atoms with Crippen molar-refractivity contribution in [2.24, 2.45) is 7.05 Å². The van der Waals surface area contributed by atoms with Crippen molar-refractivity contribution >= 4 is 26.3 Å². The van der Waals surface area contributed by atoms with Crippen LogP contribution >= 0.6 is 0 Å². The normalized spacial score (nSPS) is 15.5. The van der Waals surface area contributed by atoms with Gasteiger partial charge in [0.2, 0.25) is 0 Å². The van der Waals surface area contributed by atoms with Gasteiger partial charge in [0.05, 0.1) is 17.0 Å². The van der Waals surface area contributed by atoms with E-state index in [4.69, 9.17) is 0 Å². The van der Waals surface area contributed by atoms with Crippen molar-refractivity contribution < 1.29 is 13.0 Å². The first-order valence-electron chi connectivity index (χ1n) is 6.99. The highest BCUT2D eigenvalue weighted by Crippen LogP contribution is 2.37. The lowest BCUT2D eigenvalue weighted by molar-refractivity contribution is 0.153. The molecule has 2 aromatic rings. The second-order valence-corrected chi connectivity index (χ2v) is 9.53. The van der Waals surface area contributed by atoms with Crippen molar-refractivity contribution in [1.82, 2.24) is 9.78 Å². The Morgan fingerprint density at radius 1 is 1.36 bits per heavy atom. The van der Waals surface area contributed by atoms with Crippen LogP contribution in [0, 0.1) is 0 Å². The second kappa shape index (κ2) is 5.33. The largest absolute Gasteiger partial charge is 0.268 e. The van der Waals surface area contributed by atoms with E-state index >= 15 is 0 Å². The summed E-state index contributed by atoms with van der Waals surface area (Å²) >= 11 is 0. The lowest BCUT2D eigenvalue weighted by Crippen LogP contribution is -2.13. The first-order valence-corrected chi connectivity index (χ1v) is 9.29. The lowest BCUT2D eigenvalue weighted by Gasteiger charge is -2.21. The molecule has 0 bridgehead atoms. The van der Waals surface area contributed by atoms with Gasteiger partial charge >= 0.3 is 0 Å². The predicted octanol–water partition coefficient (Wildman–Crippen LogP) is 3.65. The van der Waals surface area contributed by atoms with Crippen LogP contribution in [0.15, 0.2) is 12.1 Å². The van der Waals surface area contributed by atoms with Crippen LogP contribution in [0.1, 0.15) is 44.0 Å². The quantitative estimate of drug-likeness (QED) is 0.806. The molecule has 0 saturated heterocycles. The Morgan fingerprint density at radius 2 is 1.95 bits per heavy atom. The smallest absolute Gasteiger partial charge is 0.264 e. The van der Waals surface area contributed by atoms with Gasteiger partial charge in [-0.3, -0.25) is 8.89 Å². The van der Waals surface area contributed by atoms with Crippen molar-refractivity contribution in [1.29, 1.82) is 0 Å². The van der Waals surface area contributed by atoms with Crippen LogP contribution in [-0.2, 0) is 27.7 Å². The minimum atomic E-state index is -2.60. The molecule has 2 rings (SSSR count). The molecule has 1 heterocycles. The summed E-state index contributed by atoms with van der Waals surface area (Å²) in [6.45, 7) is 6.09. The number of fused-ring (bicyclic) bond motifs is 1. The van der Waals surface area contributed by atoms with E-state index in [-0.39, 0.29) is 16.7 Å². The molecule has 0 aliphatic carbocycles. The van der Waals surface area contributed by atoms with Crippen LogP contribution < -0.4 is 0 Å². The van der Waals surface area contributed by atoms with E-state index in [0.29, 0.717) is 16.6 Å². The minimum absolute atomic E-state index is 0.0604. The van der Waals surface area contributed by atoms with Gasteiger partial charge in [-0.25, -0.2) is 8.78 Å². The van der Waals surface area contributed by atoms with Crippen LogP contribution in [0.4, 0.5) is 8.78 Å². The summed E-state index contributed by atoms with van der Waals surface area (Å²) in [4.78, 5) is 0. The van der Waals surface area contributed by atoms with Crippen molar-refractivity contribution in [2.45, 2.75) is 38.4 Å². The van der Waals surface area contributed by atoms with Gasteiger partial charge in [0.25, 0.3) is 6.43 Å². The molecular weight excluding hydrogens is 306 g/mol. The number of rotatable bonds is 3. The zero-order valence-corrected chi connectivity index (χ0v) is 14.4. The molecule has 0 radical (unpaired) electrons. The first kappa shape index (κ1) is 16.9. The van der Waals surface area contributed by atoms with Crippen LogP contribution in [0.25, 0.3) is 10.9 Å². The number of aromatic nitrogens is 2. The summed E-state index contributed by atoms with van der Waals surface area (Å²) in [7, 11) is -0.634. The van der Waals surface area contributed by atoms with Gasteiger partial charge in [0.1, 0.15) is 0 Å². The average Bonchev–Trinajstić information content (AvgIpc) is 2.62. The van der Waals surface area contributed by atoms with E-state index in [1.165, 1.54) is 12.3 Å². The summed E-state index contributed by atoms with van der Waals surface area (Å²) in [6.07, 6.45) is -1.08. The van der Waals surface area contributed by atoms with Gasteiger partial charge in [-0.1, -0.05) is 32.9 Å². The van der Waals surface area contributed by atoms with Gasteiger partial charge in [0, 0.05) is 24.3 Å². The van der Waals surface area contributed by atoms with Crippen molar-refractivity contribution in [3.05, 3.63) is 29.0 Å². The molecule has 0 aliphatic heterocycles. The molecule has 1 atom stereocenters. The Morgan fingerprint density at radius 3 is 2.41 bits per heavy atom. The molecule has 1 unspecified atom stereocenters. The molecule has 0 amide bonds. The fraction of sp³-hybridized carbons (Fsp3) is 0.500. The highest BCUT2D eigenvalue weighted by molar-refractivity contribution is 7.98. The average molecular weight is 328 g/mol. The highest BCUT2D eigenvalue weighted by Gasteiger charge is 2.26. The highest BCUT2D eigenvalue weighted by atomic mass is 32.2. The van der Waals surface area contributed by atoms with E-state index in [0.717, 1.165) is 5.56 Å². The summed E-state index contributed by atoms with van der Waals surface area (Å²) < 4.78 is 40.5. The molecular formula is C16H22F2N2OS. The fourth-order valence-electron chi connectivity index (χ4n) is 2.70. The van der Waals surface area contributed by atoms with Crippen LogP contribution in [0.2, 0.25) is 0 Å². The van der Waals surface area contributed by atoms with Gasteiger partial charge < -0.3 is 0 Å². The van der Waals surface area contributed by atoms with Gasteiger partial charge in [0.15, 0.2) is 0 Å². The van der Waals surface area contributed by atoms with E-state index < -0.39 is 15.9 Å². The summed E-state index contributed by atoms with van der Waals surface area (Å²) in [5.41, 5.74) is 1.79. The molecule has 6 heteroatoms. The lowest BCUT2D eigenvalue weighted by atomic mass is 9.84. The van der Waals surface area contributed by atoms with Crippen LogP contribution in [-0.4, -0.2) is 26.1 Å². The summed E-state index contributed by atoms with van der Waals surface area (Å²) in [5.74, 6) is 3.71. The van der Waals surface area contributed by atoms with Crippen LogP contribution in [0.5, 0.6) is 0 Å². The molecule has 122 valence electrons. The monoisotopic (exact) mass is 328 g/mol. The maximum atomic E-state index is 13.4. The Labute approximate surface area is 130 Å². The molecule has 1 aromatic carbocycles.